The van der Waals surface area contributed by atoms with E-state index in [2.05, 4.69) is 15.0 Å². The van der Waals surface area contributed by atoms with Crippen molar-refractivity contribution in [2.24, 2.45) is 0 Å². The molecule has 172 valence electrons. The molecule has 1 aliphatic heterocycles. The van der Waals surface area contributed by atoms with Crippen LogP contribution in [-0.2, 0) is 19.6 Å². The molecule has 0 radical (unpaired) electrons. The molecule has 0 unspecified atom stereocenters. The molecule has 2 N–H and O–H groups in total. The van der Waals surface area contributed by atoms with Crippen molar-refractivity contribution in [1.82, 2.24) is 4.98 Å². The first-order valence-corrected chi connectivity index (χ1v) is 12.2. The highest BCUT2D eigenvalue weighted by atomic mass is 32.2. The summed E-state index contributed by atoms with van der Waals surface area (Å²) in [4.78, 5) is 30.3. The lowest BCUT2D eigenvalue weighted by molar-refractivity contribution is -0.124. The number of methoxy groups -OCH3 is 1. The molecule has 4 rings (SSSR count). The molecule has 1 aromatic heterocycles. The minimum Gasteiger partial charge on any atom is -0.497 e. The largest absolute Gasteiger partial charge is 0.497 e. The monoisotopic (exact) mass is 488 g/mol. The Kier molecular flexibility index (Phi) is 6.47. The fourth-order valence-electron chi connectivity index (χ4n) is 3.22. The minimum atomic E-state index is -3.79. The van der Waals surface area contributed by atoms with Gasteiger partial charge in [-0.1, -0.05) is 0 Å². The van der Waals surface area contributed by atoms with E-state index in [9.17, 15) is 18.0 Å². The number of nitrogens with one attached hydrogen (secondary N) is 2. The number of hydrogen-bond donors (Lipinski definition) is 2. The first kappa shape index (κ1) is 22.6. The van der Waals surface area contributed by atoms with Crippen molar-refractivity contribution in [3.63, 3.8) is 0 Å². The highest BCUT2D eigenvalue weighted by Gasteiger charge is 2.35. The van der Waals surface area contributed by atoms with Crippen LogP contribution in [-0.4, -0.2) is 45.2 Å². The third kappa shape index (κ3) is 5.23. The number of carbonyl (C=O) groups excluding carboxylic acids is 2. The molecule has 0 bridgehead atoms. The average Bonchev–Trinajstić information content (AvgIpc) is 3.44. The predicted octanol–water partition coefficient (Wildman–Crippen LogP) is 3.31. The molecular formula is C21H20N4O6S2. The second-order valence-corrected chi connectivity index (χ2v) is 9.54. The summed E-state index contributed by atoms with van der Waals surface area (Å²) in [5, 5.41) is 4.50. The van der Waals surface area contributed by atoms with E-state index in [1.165, 1.54) is 46.7 Å². The van der Waals surface area contributed by atoms with E-state index in [0.29, 0.717) is 30.1 Å². The van der Waals surface area contributed by atoms with E-state index in [1.54, 1.807) is 36.8 Å². The summed E-state index contributed by atoms with van der Waals surface area (Å²) in [5.41, 5.74) is 1.01. The number of hydrogen-bond acceptors (Lipinski definition) is 8. The van der Waals surface area contributed by atoms with Crippen molar-refractivity contribution < 1.29 is 27.5 Å². The van der Waals surface area contributed by atoms with Gasteiger partial charge in [-0.3, -0.25) is 14.8 Å². The zero-order chi connectivity index (χ0) is 23.4. The molecule has 1 atom stereocenters. The number of aromatic nitrogens is 1. The van der Waals surface area contributed by atoms with Crippen LogP contribution in [0.1, 0.15) is 6.42 Å². The summed E-state index contributed by atoms with van der Waals surface area (Å²) in [5.74, 6) is 0.268. The maximum Gasteiger partial charge on any atom is 0.412 e. The molecule has 1 fully saturated rings. The number of thiazole rings is 1. The van der Waals surface area contributed by atoms with E-state index < -0.39 is 22.2 Å². The van der Waals surface area contributed by atoms with Gasteiger partial charge in [0.05, 0.1) is 12.0 Å². The number of rotatable bonds is 7. The van der Waals surface area contributed by atoms with Crippen LogP contribution < -0.4 is 19.7 Å². The first-order valence-electron chi connectivity index (χ1n) is 9.81. The summed E-state index contributed by atoms with van der Waals surface area (Å²) in [6.07, 6.45) is 0.147. The molecule has 1 saturated heterocycles. The number of anilines is 3. The number of amides is 2. The Balaban J connectivity index is 1.36. The van der Waals surface area contributed by atoms with Gasteiger partial charge >= 0.3 is 6.09 Å². The van der Waals surface area contributed by atoms with Crippen LogP contribution in [0.25, 0.3) is 0 Å². The normalized spacial score (nSPS) is 15.8. The summed E-state index contributed by atoms with van der Waals surface area (Å²) in [7, 11) is -2.25. The number of ether oxygens (including phenoxy) is 2. The van der Waals surface area contributed by atoms with Crippen molar-refractivity contribution >= 4 is 49.9 Å². The lowest BCUT2D eigenvalue weighted by atomic mass is 10.3. The Bertz CT molecular complexity index is 1230. The Morgan fingerprint density at radius 1 is 1.15 bits per heavy atom. The molecule has 12 heteroatoms. The predicted molar refractivity (Wildman–Crippen MR) is 123 cm³/mol. The highest BCUT2D eigenvalue weighted by Crippen LogP contribution is 2.26. The molecule has 0 saturated carbocycles. The highest BCUT2D eigenvalue weighted by molar-refractivity contribution is 7.93. The topological polar surface area (TPSA) is 127 Å². The smallest absolute Gasteiger partial charge is 0.412 e. The van der Waals surface area contributed by atoms with E-state index in [4.69, 9.17) is 9.47 Å². The molecule has 33 heavy (non-hydrogen) atoms. The van der Waals surface area contributed by atoms with Gasteiger partial charge in [0.2, 0.25) is 0 Å². The van der Waals surface area contributed by atoms with Crippen LogP contribution in [0, 0.1) is 0 Å². The van der Waals surface area contributed by atoms with Crippen molar-refractivity contribution in [1.29, 1.82) is 0 Å². The SMILES string of the molecule is COc1ccc(NC(=O)O[C@H]2CCN(c3ccc(S(=O)(=O)Nc4nccs4)cc3)C2=O)cc1. The summed E-state index contributed by atoms with van der Waals surface area (Å²) in [6, 6.07) is 12.6. The zero-order valence-electron chi connectivity index (χ0n) is 17.4. The van der Waals surface area contributed by atoms with Crippen LogP contribution in [0.15, 0.2) is 65.0 Å². The van der Waals surface area contributed by atoms with E-state index in [1.807, 2.05) is 0 Å². The third-order valence-corrected chi connectivity index (χ3v) is 7.03. The molecule has 2 amide bonds. The zero-order valence-corrected chi connectivity index (χ0v) is 19.1. The van der Waals surface area contributed by atoms with Crippen molar-refractivity contribution in [3.8, 4) is 5.75 Å². The van der Waals surface area contributed by atoms with Crippen molar-refractivity contribution in [2.45, 2.75) is 17.4 Å². The molecular weight excluding hydrogens is 468 g/mol. The summed E-state index contributed by atoms with van der Waals surface area (Å²) < 4.78 is 37.7. The number of benzene rings is 2. The van der Waals surface area contributed by atoms with Gasteiger partial charge in [-0.25, -0.2) is 18.2 Å². The van der Waals surface area contributed by atoms with Gasteiger partial charge in [-0.05, 0) is 48.5 Å². The maximum absolute atomic E-state index is 12.7. The van der Waals surface area contributed by atoms with Gasteiger partial charge in [0, 0.05) is 35.9 Å². The Hall–Kier alpha value is -3.64. The summed E-state index contributed by atoms with van der Waals surface area (Å²) in [6.45, 7) is 0.336. The van der Waals surface area contributed by atoms with Crippen LogP contribution in [0.3, 0.4) is 0 Å². The van der Waals surface area contributed by atoms with Crippen LogP contribution in [0.5, 0.6) is 5.75 Å². The van der Waals surface area contributed by atoms with Crippen LogP contribution >= 0.6 is 11.3 Å². The van der Waals surface area contributed by atoms with Crippen LogP contribution in [0.2, 0.25) is 0 Å². The standard InChI is InChI=1S/C21H20N4O6S2/c1-30-16-6-2-14(3-7-16)23-21(27)31-18-10-12-25(19(18)26)15-4-8-17(9-5-15)33(28,29)24-20-22-11-13-32-20/h2-9,11,13,18H,10,12H2,1H3,(H,22,24)(H,23,27)/t18-/m0/s1. The van der Waals surface area contributed by atoms with Gasteiger partial charge in [-0.2, -0.15) is 0 Å². The molecule has 3 aromatic rings. The molecule has 0 aliphatic carbocycles. The fourth-order valence-corrected chi connectivity index (χ4v) is 5.01. The Morgan fingerprint density at radius 3 is 2.52 bits per heavy atom. The molecule has 2 heterocycles. The summed E-state index contributed by atoms with van der Waals surface area (Å²) >= 11 is 1.17. The minimum absolute atomic E-state index is 0.0414. The van der Waals surface area contributed by atoms with Gasteiger partial charge in [-0.15, -0.1) is 11.3 Å². The average molecular weight is 489 g/mol. The first-order chi connectivity index (χ1) is 15.9. The van der Waals surface area contributed by atoms with Gasteiger partial charge in [0.25, 0.3) is 15.9 Å². The second-order valence-electron chi connectivity index (χ2n) is 6.96. The fraction of sp³-hybridized carbons (Fsp3) is 0.190. The number of carbonyl (C=O) groups is 2. The Labute approximate surface area is 194 Å². The molecule has 2 aromatic carbocycles. The number of sulfonamides is 1. The second kappa shape index (κ2) is 9.46. The van der Waals surface area contributed by atoms with Crippen LogP contribution in [0.4, 0.5) is 21.3 Å². The number of nitrogens with zero attached hydrogens (tertiary/aromatic N) is 2. The van der Waals surface area contributed by atoms with Gasteiger partial charge in [0.1, 0.15) is 5.75 Å². The van der Waals surface area contributed by atoms with Gasteiger partial charge < -0.3 is 14.4 Å². The third-order valence-electron chi connectivity index (χ3n) is 4.85. The van der Waals surface area contributed by atoms with E-state index in [-0.39, 0.29) is 15.9 Å². The van der Waals surface area contributed by atoms with Crippen molar-refractivity contribution in [2.75, 3.05) is 28.6 Å². The van der Waals surface area contributed by atoms with Gasteiger partial charge in [0.15, 0.2) is 11.2 Å². The quantitative estimate of drug-likeness (QED) is 0.522. The Morgan fingerprint density at radius 2 is 1.88 bits per heavy atom. The molecule has 0 spiro atoms. The maximum atomic E-state index is 12.7. The van der Waals surface area contributed by atoms with Crippen molar-refractivity contribution in [3.05, 3.63) is 60.1 Å². The van der Waals surface area contributed by atoms with E-state index >= 15 is 0 Å². The lowest BCUT2D eigenvalue weighted by Crippen LogP contribution is -2.33. The van der Waals surface area contributed by atoms with E-state index in [0.717, 1.165) is 0 Å². The lowest BCUT2D eigenvalue weighted by Gasteiger charge is -2.17. The molecule has 10 nitrogen and oxygen atoms in total. The molecule has 1 aliphatic rings.